The van der Waals surface area contributed by atoms with Gasteiger partial charge in [0.15, 0.2) is 0 Å². The summed E-state index contributed by atoms with van der Waals surface area (Å²) in [5.74, 6) is -0.813. The number of pyridine rings is 1. The van der Waals surface area contributed by atoms with Crippen LogP contribution >= 0.6 is 0 Å². The molecule has 0 aliphatic carbocycles. The molecule has 0 atom stereocenters. The lowest BCUT2D eigenvalue weighted by Crippen LogP contribution is -2.43. The molecule has 1 aliphatic heterocycles. The minimum Gasteiger partial charge on any atom is -0.497 e. The Kier molecular flexibility index (Phi) is 6.02. The summed E-state index contributed by atoms with van der Waals surface area (Å²) in [6.45, 7) is 4.04. The van der Waals surface area contributed by atoms with E-state index in [0.29, 0.717) is 0 Å². The lowest BCUT2D eigenvalue weighted by Gasteiger charge is -2.29. The molecular weight excluding hydrogens is 339 g/mol. The molecule has 1 aromatic carbocycles. The summed E-state index contributed by atoms with van der Waals surface area (Å²) >= 11 is 0. The van der Waals surface area contributed by atoms with Crippen molar-refractivity contribution in [3.05, 3.63) is 30.5 Å². The molecule has 0 amide bonds. The van der Waals surface area contributed by atoms with Crippen molar-refractivity contribution in [2.45, 2.75) is 6.18 Å². The molecule has 2 aromatic rings. The number of carboxylic acids is 1. The van der Waals surface area contributed by atoms with Gasteiger partial charge in [0.25, 0.3) is 0 Å². The van der Waals surface area contributed by atoms with Crippen molar-refractivity contribution in [3.8, 4) is 5.75 Å². The number of nitrogens with zero attached hydrogens (tertiary/aromatic N) is 2. The van der Waals surface area contributed by atoms with Gasteiger partial charge in [-0.2, -0.15) is 13.2 Å². The molecule has 136 valence electrons. The average Bonchev–Trinajstić information content (AvgIpc) is 2.61. The summed E-state index contributed by atoms with van der Waals surface area (Å²) in [4.78, 5) is 15.8. The van der Waals surface area contributed by atoms with Gasteiger partial charge >= 0.3 is 12.1 Å². The third-order valence-corrected chi connectivity index (χ3v) is 3.61. The van der Waals surface area contributed by atoms with E-state index in [2.05, 4.69) is 27.3 Å². The number of aliphatic carboxylic acids is 1. The third-order valence-electron chi connectivity index (χ3n) is 3.61. The Bertz CT molecular complexity index is 731. The highest BCUT2D eigenvalue weighted by atomic mass is 19.4. The average molecular weight is 357 g/mol. The molecule has 9 heteroatoms. The molecule has 0 saturated carbocycles. The van der Waals surface area contributed by atoms with Crippen LogP contribution in [0.5, 0.6) is 5.75 Å². The van der Waals surface area contributed by atoms with Crippen LogP contribution in [0.1, 0.15) is 0 Å². The number of carbonyl (C=O) groups is 1. The molecular formula is C16H18F3N3O3. The van der Waals surface area contributed by atoms with Crippen molar-refractivity contribution in [1.29, 1.82) is 0 Å². The second-order valence-corrected chi connectivity index (χ2v) is 5.26. The molecule has 0 spiro atoms. The molecule has 2 N–H and O–H groups in total. The fraction of sp³-hybridized carbons (Fsp3) is 0.375. The largest absolute Gasteiger partial charge is 0.497 e. The van der Waals surface area contributed by atoms with Crippen LogP contribution in [-0.2, 0) is 4.79 Å². The fourth-order valence-corrected chi connectivity index (χ4v) is 2.39. The van der Waals surface area contributed by atoms with E-state index in [4.69, 9.17) is 14.6 Å². The maximum Gasteiger partial charge on any atom is 0.490 e. The number of fused-ring (bicyclic) bond motifs is 1. The monoisotopic (exact) mass is 357 g/mol. The molecule has 25 heavy (non-hydrogen) atoms. The Morgan fingerprint density at radius 1 is 1.28 bits per heavy atom. The van der Waals surface area contributed by atoms with Gasteiger partial charge in [-0.25, -0.2) is 9.78 Å². The molecule has 0 bridgehead atoms. The summed E-state index contributed by atoms with van der Waals surface area (Å²) < 4.78 is 37.0. The van der Waals surface area contributed by atoms with Gasteiger partial charge in [-0.15, -0.1) is 0 Å². The zero-order valence-corrected chi connectivity index (χ0v) is 13.5. The van der Waals surface area contributed by atoms with E-state index in [1.165, 1.54) is 10.8 Å². The van der Waals surface area contributed by atoms with Crippen LogP contribution in [0.2, 0.25) is 0 Å². The van der Waals surface area contributed by atoms with Crippen molar-refractivity contribution in [2.24, 2.45) is 0 Å². The number of alkyl halides is 3. The Labute approximate surface area is 142 Å². The molecule has 0 unspecified atom stereocenters. The normalized spacial score (nSPS) is 14.6. The van der Waals surface area contributed by atoms with Gasteiger partial charge in [-0.1, -0.05) is 6.07 Å². The zero-order chi connectivity index (χ0) is 18.4. The highest BCUT2D eigenvalue weighted by Gasteiger charge is 2.38. The maximum absolute atomic E-state index is 10.6. The maximum atomic E-state index is 10.6. The first-order valence-corrected chi connectivity index (χ1v) is 7.51. The SMILES string of the molecule is COc1ccc2ccnc(N3CCNCC3)c2c1.O=C(O)C(F)(F)F. The van der Waals surface area contributed by atoms with E-state index in [1.54, 1.807) is 7.11 Å². The number of halogens is 3. The van der Waals surface area contributed by atoms with Crippen molar-refractivity contribution in [3.63, 3.8) is 0 Å². The molecule has 1 saturated heterocycles. The van der Waals surface area contributed by atoms with Crippen molar-refractivity contribution >= 4 is 22.6 Å². The van der Waals surface area contributed by atoms with Crippen LogP contribution in [0, 0.1) is 0 Å². The van der Waals surface area contributed by atoms with Crippen molar-refractivity contribution in [1.82, 2.24) is 10.3 Å². The Hall–Kier alpha value is -2.55. The third kappa shape index (κ3) is 4.96. The number of benzene rings is 1. The van der Waals surface area contributed by atoms with E-state index in [9.17, 15) is 13.2 Å². The van der Waals surface area contributed by atoms with Crippen LogP contribution in [0.15, 0.2) is 30.5 Å². The first-order valence-electron chi connectivity index (χ1n) is 7.51. The van der Waals surface area contributed by atoms with Crippen LogP contribution in [0.3, 0.4) is 0 Å². The number of methoxy groups -OCH3 is 1. The minimum absolute atomic E-state index is 0.881. The predicted molar refractivity (Wildman–Crippen MR) is 87.1 cm³/mol. The zero-order valence-electron chi connectivity index (χ0n) is 13.5. The number of anilines is 1. The molecule has 1 aromatic heterocycles. The van der Waals surface area contributed by atoms with Gasteiger partial charge in [0.1, 0.15) is 11.6 Å². The summed E-state index contributed by atoms with van der Waals surface area (Å²) in [6.07, 6.45) is -3.20. The molecule has 1 fully saturated rings. The number of carboxylic acid groups (broad SMARTS) is 1. The van der Waals surface area contributed by atoms with E-state index in [-0.39, 0.29) is 0 Å². The number of ether oxygens (including phenoxy) is 1. The van der Waals surface area contributed by atoms with Gasteiger partial charge in [-0.3, -0.25) is 0 Å². The van der Waals surface area contributed by atoms with Crippen LogP contribution in [0.25, 0.3) is 10.8 Å². The standard InChI is InChI=1S/C14H17N3O.C2HF3O2/c1-18-12-3-2-11-4-5-16-14(13(11)10-12)17-8-6-15-7-9-17;3-2(4,5)1(6)7/h2-5,10,15H,6-9H2,1H3;(H,6,7). The lowest BCUT2D eigenvalue weighted by molar-refractivity contribution is -0.192. The summed E-state index contributed by atoms with van der Waals surface area (Å²) in [7, 11) is 1.70. The quantitative estimate of drug-likeness (QED) is 0.859. The van der Waals surface area contributed by atoms with Crippen LogP contribution in [0.4, 0.5) is 19.0 Å². The molecule has 1 aliphatic rings. The molecule has 6 nitrogen and oxygen atoms in total. The lowest BCUT2D eigenvalue weighted by atomic mass is 10.1. The van der Waals surface area contributed by atoms with Gasteiger partial charge in [-0.05, 0) is 23.6 Å². The number of hydrogen-bond donors (Lipinski definition) is 2. The fourth-order valence-electron chi connectivity index (χ4n) is 2.39. The molecule has 3 rings (SSSR count). The first-order chi connectivity index (χ1) is 11.8. The van der Waals surface area contributed by atoms with Gasteiger partial charge in [0, 0.05) is 37.8 Å². The smallest absolute Gasteiger partial charge is 0.490 e. The van der Waals surface area contributed by atoms with Crippen molar-refractivity contribution in [2.75, 3.05) is 38.2 Å². The summed E-state index contributed by atoms with van der Waals surface area (Å²) in [5, 5.41) is 12.9. The Morgan fingerprint density at radius 3 is 2.48 bits per heavy atom. The second-order valence-electron chi connectivity index (χ2n) is 5.26. The predicted octanol–water partition coefficient (Wildman–Crippen LogP) is 2.29. The Balaban J connectivity index is 0.000000277. The number of aromatic nitrogens is 1. The van der Waals surface area contributed by atoms with Gasteiger partial charge in [0.2, 0.25) is 0 Å². The van der Waals surface area contributed by atoms with Gasteiger partial charge < -0.3 is 20.1 Å². The first kappa shape index (κ1) is 18.8. The highest BCUT2D eigenvalue weighted by molar-refractivity contribution is 5.93. The highest BCUT2D eigenvalue weighted by Crippen LogP contribution is 2.28. The molecule has 0 radical (unpaired) electrons. The van der Waals surface area contributed by atoms with E-state index in [1.807, 2.05) is 18.3 Å². The topological polar surface area (TPSA) is 74.7 Å². The number of nitrogens with one attached hydrogen (secondary N) is 1. The number of hydrogen-bond acceptors (Lipinski definition) is 5. The van der Waals surface area contributed by atoms with Crippen molar-refractivity contribution < 1.29 is 27.8 Å². The van der Waals surface area contributed by atoms with Crippen LogP contribution < -0.4 is 15.0 Å². The summed E-state index contributed by atoms with van der Waals surface area (Å²) in [6, 6.07) is 8.19. The van der Waals surface area contributed by atoms with Gasteiger partial charge in [0.05, 0.1) is 7.11 Å². The number of rotatable bonds is 2. The number of piperazine rings is 1. The minimum atomic E-state index is -5.08. The molecule has 2 heterocycles. The summed E-state index contributed by atoms with van der Waals surface area (Å²) in [5.41, 5.74) is 0. The Morgan fingerprint density at radius 2 is 1.92 bits per heavy atom. The van der Waals surface area contributed by atoms with E-state index in [0.717, 1.165) is 37.7 Å². The van der Waals surface area contributed by atoms with Crippen LogP contribution in [-0.4, -0.2) is 55.5 Å². The second kappa shape index (κ2) is 8.02. The van der Waals surface area contributed by atoms with E-state index < -0.39 is 12.1 Å². The van der Waals surface area contributed by atoms with E-state index >= 15 is 0 Å².